The molecule has 1 heterocycles. The van der Waals surface area contributed by atoms with Gasteiger partial charge in [-0.2, -0.15) is 0 Å². The SMILES string of the molecule is COc1ccc(C2C(N)CC(=O)N2CCC(C)C)cc1. The molecule has 0 aromatic heterocycles. The summed E-state index contributed by atoms with van der Waals surface area (Å²) in [5, 5.41) is 0. The van der Waals surface area contributed by atoms with E-state index in [-0.39, 0.29) is 18.0 Å². The molecule has 4 heteroatoms. The highest BCUT2D eigenvalue weighted by Gasteiger charge is 2.38. The maximum absolute atomic E-state index is 12.1. The molecule has 20 heavy (non-hydrogen) atoms. The Morgan fingerprint density at radius 3 is 2.55 bits per heavy atom. The zero-order valence-electron chi connectivity index (χ0n) is 12.5. The number of ether oxygens (including phenoxy) is 1. The van der Waals surface area contributed by atoms with Crippen LogP contribution in [0.5, 0.6) is 5.75 Å². The molecule has 110 valence electrons. The average molecular weight is 276 g/mol. The van der Waals surface area contributed by atoms with E-state index in [9.17, 15) is 4.79 Å². The zero-order chi connectivity index (χ0) is 14.7. The molecule has 0 spiro atoms. The van der Waals surface area contributed by atoms with Crippen molar-refractivity contribution >= 4 is 5.91 Å². The van der Waals surface area contributed by atoms with E-state index in [4.69, 9.17) is 10.5 Å². The van der Waals surface area contributed by atoms with Gasteiger partial charge in [-0.1, -0.05) is 26.0 Å². The zero-order valence-corrected chi connectivity index (χ0v) is 12.5. The van der Waals surface area contributed by atoms with Crippen molar-refractivity contribution in [3.05, 3.63) is 29.8 Å². The summed E-state index contributed by atoms with van der Waals surface area (Å²) in [4.78, 5) is 14.1. The summed E-state index contributed by atoms with van der Waals surface area (Å²) in [7, 11) is 1.65. The first-order valence-electron chi connectivity index (χ1n) is 7.22. The third-order valence-corrected chi connectivity index (χ3v) is 3.88. The van der Waals surface area contributed by atoms with E-state index in [0.717, 1.165) is 24.3 Å². The van der Waals surface area contributed by atoms with E-state index >= 15 is 0 Å². The molecular weight excluding hydrogens is 252 g/mol. The summed E-state index contributed by atoms with van der Waals surface area (Å²) in [6, 6.07) is 7.72. The fraction of sp³-hybridized carbons (Fsp3) is 0.562. The minimum atomic E-state index is -0.122. The minimum Gasteiger partial charge on any atom is -0.497 e. The van der Waals surface area contributed by atoms with Crippen LogP contribution in [0, 0.1) is 5.92 Å². The molecule has 1 saturated heterocycles. The number of methoxy groups -OCH3 is 1. The lowest BCUT2D eigenvalue weighted by atomic mass is 10.00. The largest absolute Gasteiger partial charge is 0.497 e. The van der Waals surface area contributed by atoms with Crippen molar-refractivity contribution < 1.29 is 9.53 Å². The molecule has 2 unspecified atom stereocenters. The second-order valence-corrected chi connectivity index (χ2v) is 5.86. The van der Waals surface area contributed by atoms with Crippen LogP contribution in [0.1, 0.15) is 38.3 Å². The number of hydrogen-bond acceptors (Lipinski definition) is 3. The molecule has 1 fully saturated rings. The van der Waals surface area contributed by atoms with Gasteiger partial charge in [-0.25, -0.2) is 0 Å². The van der Waals surface area contributed by atoms with E-state index in [2.05, 4.69) is 13.8 Å². The van der Waals surface area contributed by atoms with Crippen LogP contribution >= 0.6 is 0 Å². The molecule has 1 aliphatic rings. The minimum absolute atomic E-state index is 0.00726. The van der Waals surface area contributed by atoms with Gasteiger partial charge in [0.15, 0.2) is 0 Å². The molecule has 2 N–H and O–H groups in total. The molecule has 2 atom stereocenters. The van der Waals surface area contributed by atoms with Crippen LogP contribution in [-0.2, 0) is 4.79 Å². The topological polar surface area (TPSA) is 55.6 Å². The first-order valence-corrected chi connectivity index (χ1v) is 7.22. The van der Waals surface area contributed by atoms with Gasteiger partial charge in [-0.15, -0.1) is 0 Å². The predicted molar refractivity (Wildman–Crippen MR) is 79.5 cm³/mol. The Morgan fingerprint density at radius 1 is 1.35 bits per heavy atom. The first-order chi connectivity index (χ1) is 9.52. The van der Waals surface area contributed by atoms with Crippen LogP contribution in [0.4, 0.5) is 0 Å². The lowest BCUT2D eigenvalue weighted by Gasteiger charge is -2.28. The molecule has 0 bridgehead atoms. The lowest BCUT2D eigenvalue weighted by Crippen LogP contribution is -2.34. The Balaban J connectivity index is 2.18. The van der Waals surface area contributed by atoms with E-state index < -0.39 is 0 Å². The smallest absolute Gasteiger partial charge is 0.224 e. The summed E-state index contributed by atoms with van der Waals surface area (Å²) in [5.41, 5.74) is 7.27. The van der Waals surface area contributed by atoms with Crippen LogP contribution in [0.3, 0.4) is 0 Å². The number of hydrogen-bond donors (Lipinski definition) is 1. The van der Waals surface area contributed by atoms with E-state index in [1.165, 1.54) is 0 Å². The first kappa shape index (κ1) is 14.9. The van der Waals surface area contributed by atoms with Crippen molar-refractivity contribution in [1.82, 2.24) is 4.90 Å². The molecule has 0 saturated carbocycles. The number of amides is 1. The quantitative estimate of drug-likeness (QED) is 0.898. The van der Waals surface area contributed by atoms with Crippen molar-refractivity contribution in [3.63, 3.8) is 0 Å². The normalized spacial score (nSPS) is 22.6. The van der Waals surface area contributed by atoms with Crippen molar-refractivity contribution in [2.45, 2.75) is 38.8 Å². The fourth-order valence-corrected chi connectivity index (χ4v) is 2.71. The highest BCUT2D eigenvalue weighted by atomic mass is 16.5. The Hall–Kier alpha value is -1.55. The Kier molecular flexibility index (Phi) is 4.65. The van der Waals surface area contributed by atoms with Crippen LogP contribution in [0.2, 0.25) is 0 Å². The monoisotopic (exact) mass is 276 g/mol. The van der Waals surface area contributed by atoms with Gasteiger partial charge in [0, 0.05) is 19.0 Å². The second kappa shape index (κ2) is 6.27. The van der Waals surface area contributed by atoms with Crippen molar-refractivity contribution in [2.24, 2.45) is 11.7 Å². The standard InChI is InChI=1S/C16H24N2O2/c1-11(2)8-9-18-15(19)10-14(17)16(18)12-4-6-13(20-3)7-5-12/h4-7,11,14,16H,8-10,17H2,1-3H3. The van der Waals surface area contributed by atoms with Crippen LogP contribution in [0.25, 0.3) is 0 Å². The molecule has 4 nitrogen and oxygen atoms in total. The summed E-state index contributed by atoms with van der Waals surface area (Å²) in [5.74, 6) is 1.57. The number of rotatable bonds is 5. The maximum atomic E-state index is 12.1. The van der Waals surface area contributed by atoms with Crippen LogP contribution < -0.4 is 10.5 Å². The van der Waals surface area contributed by atoms with Crippen LogP contribution in [0.15, 0.2) is 24.3 Å². The number of likely N-dealkylation sites (tertiary alicyclic amines) is 1. The number of nitrogens with zero attached hydrogens (tertiary/aromatic N) is 1. The van der Waals surface area contributed by atoms with E-state index in [1.807, 2.05) is 29.2 Å². The van der Waals surface area contributed by atoms with Gasteiger partial charge in [0.25, 0.3) is 0 Å². The Morgan fingerprint density at radius 2 is 2.00 bits per heavy atom. The van der Waals surface area contributed by atoms with E-state index in [1.54, 1.807) is 7.11 Å². The van der Waals surface area contributed by atoms with Crippen molar-refractivity contribution in [1.29, 1.82) is 0 Å². The van der Waals surface area contributed by atoms with Gasteiger partial charge in [0.1, 0.15) is 5.75 Å². The molecule has 1 amide bonds. The van der Waals surface area contributed by atoms with Gasteiger partial charge >= 0.3 is 0 Å². The fourth-order valence-electron chi connectivity index (χ4n) is 2.71. The second-order valence-electron chi connectivity index (χ2n) is 5.86. The molecular formula is C16H24N2O2. The predicted octanol–water partition coefficient (Wildman–Crippen LogP) is 2.34. The number of benzene rings is 1. The Labute approximate surface area is 120 Å². The highest BCUT2D eigenvalue weighted by molar-refractivity contribution is 5.80. The van der Waals surface area contributed by atoms with Gasteiger partial charge in [-0.3, -0.25) is 4.79 Å². The van der Waals surface area contributed by atoms with Gasteiger partial charge < -0.3 is 15.4 Å². The van der Waals surface area contributed by atoms with Crippen molar-refractivity contribution in [2.75, 3.05) is 13.7 Å². The number of carbonyl (C=O) groups is 1. The lowest BCUT2D eigenvalue weighted by molar-refractivity contribution is -0.129. The van der Waals surface area contributed by atoms with Gasteiger partial charge in [-0.05, 0) is 30.0 Å². The van der Waals surface area contributed by atoms with Gasteiger partial charge in [0.05, 0.1) is 13.2 Å². The van der Waals surface area contributed by atoms with E-state index in [0.29, 0.717) is 12.3 Å². The molecule has 1 aromatic carbocycles. The highest BCUT2D eigenvalue weighted by Crippen LogP contribution is 2.33. The molecule has 0 aliphatic carbocycles. The number of carbonyl (C=O) groups excluding carboxylic acids is 1. The third kappa shape index (κ3) is 3.12. The molecule has 1 aromatic rings. The summed E-state index contributed by atoms with van der Waals surface area (Å²) < 4.78 is 5.17. The van der Waals surface area contributed by atoms with Gasteiger partial charge in [0.2, 0.25) is 5.91 Å². The van der Waals surface area contributed by atoms with Crippen molar-refractivity contribution in [3.8, 4) is 5.75 Å². The van der Waals surface area contributed by atoms with Crippen LogP contribution in [-0.4, -0.2) is 30.5 Å². The summed E-state index contributed by atoms with van der Waals surface area (Å²) >= 11 is 0. The molecule has 0 radical (unpaired) electrons. The molecule has 1 aliphatic heterocycles. The summed E-state index contributed by atoms with van der Waals surface area (Å²) in [6.07, 6.45) is 1.44. The Bertz CT molecular complexity index is 456. The third-order valence-electron chi connectivity index (χ3n) is 3.88. The summed E-state index contributed by atoms with van der Waals surface area (Å²) in [6.45, 7) is 5.12. The maximum Gasteiger partial charge on any atom is 0.224 e. The average Bonchev–Trinajstić information content (AvgIpc) is 2.70. The number of nitrogens with two attached hydrogens (primary N) is 1. The molecule has 2 rings (SSSR count).